The number of piperidine rings is 1. The van der Waals surface area contributed by atoms with Crippen LogP contribution < -0.4 is 5.32 Å². The van der Waals surface area contributed by atoms with Crippen LogP contribution >= 0.6 is 12.4 Å². The van der Waals surface area contributed by atoms with Crippen molar-refractivity contribution < 1.29 is 4.79 Å². The summed E-state index contributed by atoms with van der Waals surface area (Å²) in [5.41, 5.74) is 0. The number of nitrogens with one attached hydrogen (secondary N) is 1. The van der Waals surface area contributed by atoms with E-state index < -0.39 is 0 Å². The Morgan fingerprint density at radius 2 is 1.76 bits per heavy atom. The van der Waals surface area contributed by atoms with Crippen molar-refractivity contribution in [1.82, 2.24) is 10.2 Å². The number of halogens is 1. The Hall–Kier alpha value is -0.280. The molecule has 0 aromatic rings. The standard InChI is InChI=1S/C21H34N2O.ClH/c24-21(12-15-10-18-5-6-19(11-15)22-18)23-7-1-2-20(23)13-17-9-14-3-4-16(17)8-14;/h14-20,22H,1-13H2;1H. The minimum Gasteiger partial charge on any atom is -0.340 e. The third-order valence-corrected chi connectivity index (χ3v) is 8.19. The Morgan fingerprint density at radius 1 is 0.960 bits per heavy atom. The quantitative estimate of drug-likeness (QED) is 0.810. The van der Waals surface area contributed by atoms with Crippen molar-refractivity contribution in [2.24, 2.45) is 23.7 Å². The molecule has 3 aliphatic heterocycles. The van der Waals surface area contributed by atoms with E-state index in [9.17, 15) is 4.79 Å². The molecular weight excluding hydrogens is 332 g/mol. The van der Waals surface area contributed by atoms with Gasteiger partial charge in [-0.25, -0.2) is 0 Å². The first-order valence-electron chi connectivity index (χ1n) is 10.8. The third kappa shape index (κ3) is 3.60. The lowest BCUT2D eigenvalue weighted by atomic mass is 9.83. The van der Waals surface area contributed by atoms with Gasteiger partial charge in [0.25, 0.3) is 0 Å². The van der Waals surface area contributed by atoms with E-state index in [1.807, 2.05) is 0 Å². The number of fused-ring (bicyclic) bond motifs is 4. The van der Waals surface area contributed by atoms with Gasteiger partial charge in [0.05, 0.1) is 0 Å². The van der Waals surface area contributed by atoms with Crippen molar-refractivity contribution in [3.05, 3.63) is 0 Å². The molecule has 1 amide bonds. The predicted octanol–water partition coefficient (Wildman–Crippen LogP) is 4.15. The van der Waals surface area contributed by atoms with Crippen molar-refractivity contribution in [3.8, 4) is 0 Å². The van der Waals surface area contributed by atoms with Gasteiger partial charge in [-0.15, -0.1) is 12.4 Å². The highest BCUT2D eigenvalue weighted by Gasteiger charge is 2.42. The fourth-order valence-electron chi connectivity index (χ4n) is 7.13. The lowest BCUT2D eigenvalue weighted by Gasteiger charge is -2.33. The molecule has 2 aliphatic carbocycles. The largest absolute Gasteiger partial charge is 0.340 e. The Morgan fingerprint density at radius 3 is 2.44 bits per heavy atom. The molecule has 4 heteroatoms. The number of nitrogens with zero attached hydrogens (tertiary/aromatic N) is 1. The van der Waals surface area contributed by atoms with Crippen LogP contribution in [0.25, 0.3) is 0 Å². The fourth-order valence-corrected chi connectivity index (χ4v) is 7.13. The molecule has 6 atom stereocenters. The highest BCUT2D eigenvalue weighted by Crippen LogP contribution is 2.50. The number of hydrogen-bond donors (Lipinski definition) is 1. The zero-order valence-corrected chi connectivity index (χ0v) is 16.3. The van der Waals surface area contributed by atoms with Crippen LogP contribution in [0.3, 0.4) is 0 Å². The summed E-state index contributed by atoms with van der Waals surface area (Å²) in [6.07, 6.45) is 15.8. The molecule has 0 spiro atoms. The summed E-state index contributed by atoms with van der Waals surface area (Å²) >= 11 is 0. The number of likely N-dealkylation sites (tertiary alicyclic amines) is 1. The minimum absolute atomic E-state index is 0. The molecular formula is C21H35ClN2O. The molecule has 2 saturated carbocycles. The Kier molecular flexibility index (Phi) is 5.35. The van der Waals surface area contributed by atoms with Crippen molar-refractivity contribution in [2.75, 3.05) is 6.54 Å². The van der Waals surface area contributed by atoms with Crippen molar-refractivity contribution in [2.45, 2.75) is 95.2 Å². The Bertz CT molecular complexity index is 486. The second-order valence-corrected chi connectivity index (χ2v) is 9.73. The maximum atomic E-state index is 13.0. The number of amides is 1. The highest BCUT2D eigenvalue weighted by molar-refractivity contribution is 5.85. The maximum Gasteiger partial charge on any atom is 0.223 e. The zero-order chi connectivity index (χ0) is 16.1. The van der Waals surface area contributed by atoms with E-state index in [1.54, 1.807) is 0 Å². The van der Waals surface area contributed by atoms with Gasteiger partial charge < -0.3 is 10.2 Å². The summed E-state index contributed by atoms with van der Waals surface area (Å²) in [6, 6.07) is 2.01. The van der Waals surface area contributed by atoms with Crippen LogP contribution in [-0.2, 0) is 4.79 Å². The van der Waals surface area contributed by atoms with Gasteiger partial charge in [-0.05, 0) is 87.9 Å². The van der Waals surface area contributed by atoms with Crippen LogP contribution in [0.4, 0.5) is 0 Å². The SMILES string of the molecule is Cl.O=C(CC1CC2CCC(C1)N2)N1CCCC1CC1CC2CCC1C2. The van der Waals surface area contributed by atoms with Gasteiger partial charge in [-0.3, -0.25) is 4.79 Å². The molecule has 0 radical (unpaired) electrons. The zero-order valence-electron chi connectivity index (χ0n) is 15.5. The number of hydrogen-bond acceptors (Lipinski definition) is 2. The van der Waals surface area contributed by atoms with Crippen molar-refractivity contribution >= 4 is 18.3 Å². The van der Waals surface area contributed by atoms with Crippen LogP contribution in [0.2, 0.25) is 0 Å². The molecule has 4 bridgehead atoms. The minimum atomic E-state index is 0. The van der Waals surface area contributed by atoms with E-state index in [4.69, 9.17) is 0 Å². The molecule has 5 fully saturated rings. The molecule has 3 heterocycles. The number of carbonyl (C=O) groups is 1. The van der Waals surface area contributed by atoms with E-state index in [0.717, 1.165) is 30.7 Å². The van der Waals surface area contributed by atoms with E-state index >= 15 is 0 Å². The summed E-state index contributed by atoms with van der Waals surface area (Å²) in [6.45, 7) is 1.04. The second-order valence-electron chi connectivity index (χ2n) is 9.73. The van der Waals surface area contributed by atoms with E-state index in [1.165, 1.54) is 70.6 Å². The lowest BCUT2D eigenvalue weighted by molar-refractivity contribution is -0.133. The van der Waals surface area contributed by atoms with Crippen LogP contribution in [-0.4, -0.2) is 35.5 Å². The fraction of sp³-hybridized carbons (Fsp3) is 0.952. The number of rotatable bonds is 4. The normalized spacial score (nSPS) is 45.0. The topological polar surface area (TPSA) is 32.3 Å². The Labute approximate surface area is 159 Å². The van der Waals surface area contributed by atoms with Gasteiger partial charge in [0.15, 0.2) is 0 Å². The average Bonchev–Trinajstić information content (AvgIpc) is 3.32. The van der Waals surface area contributed by atoms with Gasteiger partial charge in [0.1, 0.15) is 0 Å². The van der Waals surface area contributed by atoms with Gasteiger partial charge in [-0.1, -0.05) is 6.42 Å². The summed E-state index contributed by atoms with van der Waals surface area (Å²) in [7, 11) is 0. The summed E-state index contributed by atoms with van der Waals surface area (Å²) in [4.78, 5) is 15.3. The summed E-state index contributed by atoms with van der Waals surface area (Å²) in [5.74, 6) is 4.13. The molecule has 5 rings (SSSR count). The Balaban J connectivity index is 0.00000157. The molecule has 3 saturated heterocycles. The molecule has 0 aromatic carbocycles. The smallest absolute Gasteiger partial charge is 0.223 e. The first-order chi connectivity index (χ1) is 11.7. The number of carbonyl (C=O) groups excluding carboxylic acids is 1. The average molecular weight is 367 g/mol. The predicted molar refractivity (Wildman–Crippen MR) is 103 cm³/mol. The third-order valence-electron chi connectivity index (χ3n) is 8.19. The van der Waals surface area contributed by atoms with Gasteiger partial charge in [0.2, 0.25) is 5.91 Å². The molecule has 3 nitrogen and oxygen atoms in total. The molecule has 1 N–H and O–H groups in total. The van der Waals surface area contributed by atoms with Crippen molar-refractivity contribution in [3.63, 3.8) is 0 Å². The van der Waals surface area contributed by atoms with Gasteiger partial charge in [0, 0.05) is 31.1 Å². The maximum absolute atomic E-state index is 13.0. The second kappa shape index (κ2) is 7.38. The van der Waals surface area contributed by atoms with Crippen LogP contribution in [0, 0.1) is 23.7 Å². The lowest BCUT2D eigenvalue weighted by Crippen LogP contribution is -2.42. The van der Waals surface area contributed by atoms with Crippen LogP contribution in [0.5, 0.6) is 0 Å². The monoisotopic (exact) mass is 366 g/mol. The van der Waals surface area contributed by atoms with Crippen LogP contribution in [0.15, 0.2) is 0 Å². The summed E-state index contributed by atoms with van der Waals surface area (Å²) < 4.78 is 0. The summed E-state index contributed by atoms with van der Waals surface area (Å²) in [5, 5.41) is 3.71. The van der Waals surface area contributed by atoms with E-state index in [0.29, 0.717) is 30.0 Å². The highest BCUT2D eigenvalue weighted by atomic mass is 35.5. The molecule has 5 aliphatic rings. The van der Waals surface area contributed by atoms with E-state index in [-0.39, 0.29) is 12.4 Å². The van der Waals surface area contributed by atoms with Crippen LogP contribution in [0.1, 0.15) is 77.0 Å². The van der Waals surface area contributed by atoms with Gasteiger partial charge in [-0.2, -0.15) is 0 Å². The van der Waals surface area contributed by atoms with E-state index in [2.05, 4.69) is 10.2 Å². The van der Waals surface area contributed by atoms with Gasteiger partial charge >= 0.3 is 0 Å². The molecule has 6 unspecified atom stereocenters. The van der Waals surface area contributed by atoms with Crippen molar-refractivity contribution in [1.29, 1.82) is 0 Å². The molecule has 25 heavy (non-hydrogen) atoms. The first kappa shape index (κ1) is 18.1. The molecule has 0 aromatic heterocycles. The first-order valence-corrected chi connectivity index (χ1v) is 10.8. The molecule has 142 valence electrons.